The largest absolute Gasteiger partial charge is 0.442 e. The van der Waals surface area contributed by atoms with Gasteiger partial charge in [0.05, 0.1) is 31.6 Å². The highest BCUT2D eigenvalue weighted by atomic mass is 127. The van der Waals surface area contributed by atoms with E-state index < -0.39 is 6.09 Å². The molecule has 1 aromatic carbocycles. The Morgan fingerprint density at radius 1 is 1.52 bits per heavy atom. The Kier molecular flexibility index (Phi) is 4.76. The van der Waals surface area contributed by atoms with Gasteiger partial charge in [-0.2, -0.15) is 0 Å². The van der Waals surface area contributed by atoms with Crippen molar-refractivity contribution in [2.75, 3.05) is 18.6 Å². The molecule has 1 aliphatic heterocycles. The van der Waals surface area contributed by atoms with Crippen molar-refractivity contribution >= 4 is 34.4 Å². The van der Waals surface area contributed by atoms with Gasteiger partial charge in [0, 0.05) is 10.7 Å². The minimum atomic E-state index is -0.493. The third kappa shape index (κ3) is 3.61. The first-order valence-electron chi connectivity index (χ1n) is 6.88. The summed E-state index contributed by atoms with van der Waals surface area (Å²) in [7, 11) is 1.58. The van der Waals surface area contributed by atoms with Crippen molar-refractivity contribution < 1.29 is 18.7 Å². The van der Waals surface area contributed by atoms with Crippen LogP contribution in [0, 0.1) is 9.39 Å². The lowest BCUT2D eigenvalue weighted by atomic mass is 10.2. The molecule has 1 atom stereocenters. The molecule has 7 nitrogen and oxygen atoms in total. The number of cyclic esters (lactones) is 1. The van der Waals surface area contributed by atoms with Crippen LogP contribution >= 0.6 is 22.6 Å². The van der Waals surface area contributed by atoms with E-state index >= 15 is 0 Å². The van der Waals surface area contributed by atoms with Crippen LogP contribution in [0.5, 0.6) is 0 Å². The van der Waals surface area contributed by atoms with E-state index in [1.54, 1.807) is 30.1 Å². The fourth-order valence-corrected chi connectivity index (χ4v) is 2.67. The van der Waals surface area contributed by atoms with Gasteiger partial charge in [0.1, 0.15) is 17.6 Å². The van der Waals surface area contributed by atoms with Gasteiger partial charge in [-0.15, -0.1) is 5.10 Å². The van der Waals surface area contributed by atoms with Crippen molar-refractivity contribution in [2.24, 2.45) is 0 Å². The Hall–Kier alpha value is -1.75. The zero-order valence-electron chi connectivity index (χ0n) is 12.3. The molecule has 2 aromatic rings. The molecular formula is C14H14FIN4O3. The van der Waals surface area contributed by atoms with Crippen LogP contribution in [-0.2, 0) is 22.6 Å². The highest BCUT2D eigenvalue weighted by Crippen LogP contribution is 2.25. The van der Waals surface area contributed by atoms with Crippen molar-refractivity contribution in [3.05, 3.63) is 39.5 Å². The molecule has 0 spiro atoms. The third-order valence-electron chi connectivity index (χ3n) is 3.36. The average Bonchev–Trinajstić information content (AvgIpc) is 3.10. The van der Waals surface area contributed by atoms with Gasteiger partial charge in [-0.25, -0.2) is 13.9 Å². The number of nitrogens with zero attached hydrogens (tertiary/aromatic N) is 4. The van der Waals surface area contributed by atoms with Gasteiger partial charge in [0.15, 0.2) is 0 Å². The lowest BCUT2D eigenvalue weighted by molar-refractivity contribution is 0.129. The molecule has 3 rings (SSSR count). The minimum absolute atomic E-state index is 0.332. The first-order valence-corrected chi connectivity index (χ1v) is 7.96. The van der Waals surface area contributed by atoms with E-state index in [-0.39, 0.29) is 11.9 Å². The van der Waals surface area contributed by atoms with E-state index in [9.17, 15) is 9.18 Å². The summed E-state index contributed by atoms with van der Waals surface area (Å²) in [4.78, 5) is 13.4. The molecule has 122 valence electrons. The maximum absolute atomic E-state index is 13.7. The van der Waals surface area contributed by atoms with Crippen LogP contribution in [0.1, 0.15) is 5.69 Å². The summed E-state index contributed by atoms with van der Waals surface area (Å²) in [5.41, 5.74) is 1.18. The predicted molar refractivity (Wildman–Crippen MR) is 87.5 cm³/mol. The number of aromatic nitrogens is 3. The predicted octanol–water partition coefficient (Wildman–Crippen LogP) is 2.19. The lowest BCUT2D eigenvalue weighted by Gasteiger charge is -2.13. The van der Waals surface area contributed by atoms with Crippen LogP contribution in [0.4, 0.5) is 14.9 Å². The van der Waals surface area contributed by atoms with Crippen molar-refractivity contribution in [3.63, 3.8) is 0 Å². The number of benzene rings is 1. The number of halogens is 2. The van der Waals surface area contributed by atoms with Gasteiger partial charge in [-0.3, -0.25) is 4.90 Å². The van der Waals surface area contributed by atoms with Gasteiger partial charge in [-0.05, 0) is 40.8 Å². The first kappa shape index (κ1) is 16.1. The Balaban J connectivity index is 1.67. The van der Waals surface area contributed by atoms with Crippen molar-refractivity contribution in [3.8, 4) is 0 Å². The molecule has 1 saturated heterocycles. The van der Waals surface area contributed by atoms with Gasteiger partial charge in [0.2, 0.25) is 0 Å². The Morgan fingerprint density at radius 3 is 3.09 bits per heavy atom. The van der Waals surface area contributed by atoms with E-state index in [0.29, 0.717) is 34.6 Å². The SMILES string of the molecule is COCc1cn(C[C@H]2CN(c3ccc(I)c(F)c3)C(=O)O2)nn1. The standard InChI is InChI=1S/C14H14FIN4O3/c1-22-8-9-5-19(18-17-9)6-11-7-20(14(21)23-11)10-2-3-13(16)12(15)4-10/h2-5,11H,6-8H2,1H3/t11-/m0/s1. The van der Waals surface area contributed by atoms with Gasteiger partial charge in [0.25, 0.3) is 0 Å². The van der Waals surface area contributed by atoms with E-state index in [1.165, 1.54) is 11.0 Å². The maximum atomic E-state index is 13.7. The lowest BCUT2D eigenvalue weighted by Crippen LogP contribution is -2.26. The number of hydrogen-bond donors (Lipinski definition) is 0. The molecule has 9 heteroatoms. The van der Waals surface area contributed by atoms with Crippen molar-refractivity contribution in [1.82, 2.24) is 15.0 Å². The Morgan fingerprint density at radius 2 is 2.35 bits per heavy atom. The molecule has 0 aliphatic carbocycles. The Labute approximate surface area is 145 Å². The van der Waals surface area contributed by atoms with E-state index in [0.717, 1.165) is 0 Å². The fourth-order valence-electron chi connectivity index (χ4n) is 2.33. The molecule has 0 radical (unpaired) electrons. The van der Waals surface area contributed by atoms with Crippen LogP contribution < -0.4 is 4.90 Å². The molecule has 1 aliphatic rings. The average molecular weight is 432 g/mol. The third-order valence-corrected chi connectivity index (χ3v) is 4.23. The van der Waals surface area contributed by atoms with Crippen LogP contribution in [0.3, 0.4) is 0 Å². The number of ether oxygens (including phenoxy) is 2. The number of amides is 1. The van der Waals surface area contributed by atoms with Crippen LogP contribution in [0.25, 0.3) is 0 Å². The second kappa shape index (κ2) is 6.79. The molecule has 23 heavy (non-hydrogen) atoms. The van der Waals surface area contributed by atoms with Crippen molar-refractivity contribution in [2.45, 2.75) is 19.3 Å². The molecule has 2 heterocycles. The van der Waals surface area contributed by atoms with Crippen LogP contribution in [0.15, 0.2) is 24.4 Å². The number of hydrogen-bond acceptors (Lipinski definition) is 5. The van der Waals surface area contributed by atoms with Crippen LogP contribution in [-0.4, -0.2) is 40.8 Å². The molecule has 1 aromatic heterocycles. The van der Waals surface area contributed by atoms with E-state index in [4.69, 9.17) is 9.47 Å². The maximum Gasteiger partial charge on any atom is 0.414 e. The van der Waals surface area contributed by atoms with E-state index in [2.05, 4.69) is 10.3 Å². The highest BCUT2D eigenvalue weighted by Gasteiger charge is 2.33. The summed E-state index contributed by atoms with van der Waals surface area (Å²) in [5.74, 6) is -0.361. The first-order chi connectivity index (χ1) is 11.1. The monoisotopic (exact) mass is 432 g/mol. The van der Waals surface area contributed by atoms with Crippen LogP contribution in [0.2, 0.25) is 0 Å². The summed E-state index contributed by atoms with van der Waals surface area (Å²) in [6, 6.07) is 4.65. The molecule has 1 amide bonds. The summed E-state index contributed by atoms with van der Waals surface area (Å²) in [6.45, 7) is 1.09. The number of rotatable bonds is 5. The highest BCUT2D eigenvalue weighted by molar-refractivity contribution is 14.1. The molecule has 0 unspecified atom stereocenters. The smallest absolute Gasteiger partial charge is 0.414 e. The normalized spacial score (nSPS) is 17.6. The quantitative estimate of drug-likeness (QED) is 0.678. The van der Waals surface area contributed by atoms with Gasteiger partial charge < -0.3 is 9.47 Å². The topological polar surface area (TPSA) is 69.5 Å². The summed E-state index contributed by atoms with van der Waals surface area (Å²) in [6.07, 6.45) is 0.875. The van der Waals surface area contributed by atoms with E-state index in [1.807, 2.05) is 22.6 Å². The number of methoxy groups -OCH3 is 1. The summed E-state index contributed by atoms with van der Waals surface area (Å²) in [5, 5.41) is 7.91. The second-order valence-electron chi connectivity index (χ2n) is 5.08. The Bertz CT molecular complexity index is 724. The molecule has 0 saturated carbocycles. The van der Waals surface area contributed by atoms with Gasteiger partial charge in [-0.1, -0.05) is 5.21 Å². The zero-order chi connectivity index (χ0) is 16.4. The molecule has 1 fully saturated rings. The molecular weight excluding hydrogens is 418 g/mol. The minimum Gasteiger partial charge on any atom is -0.442 e. The molecule has 0 N–H and O–H groups in total. The number of carbonyl (C=O) groups is 1. The number of carbonyl (C=O) groups excluding carboxylic acids is 1. The second-order valence-corrected chi connectivity index (χ2v) is 6.24. The van der Waals surface area contributed by atoms with Gasteiger partial charge >= 0.3 is 6.09 Å². The van der Waals surface area contributed by atoms with Crippen molar-refractivity contribution in [1.29, 1.82) is 0 Å². The summed E-state index contributed by atoms with van der Waals surface area (Å²) < 4.78 is 26.1. The number of anilines is 1. The summed E-state index contributed by atoms with van der Waals surface area (Å²) >= 11 is 1.90. The fraction of sp³-hybridized carbons (Fsp3) is 0.357. The zero-order valence-corrected chi connectivity index (χ0v) is 14.4. The molecule has 0 bridgehead atoms.